The van der Waals surface area contributed by atoms with E-state index in [-0.39, 0.29) is 55.4 Å². The molecule has 6 rings (SSSR count). The molecule has 2 saturated carbocycles. The van der Waals surface area contributed by atoms with Crippen molar-refractivity contribution in [3.8, 4) is 0 Å². The number of ether oxygens (including phenoxy) is 7. The first-order chi connectivity index (χ1) is 49.9. The first-order valence-corrected chi connectivity index (χ1v) is 37.0. The molecular formula is C87H113NO16. The predicted molar refractivity (Wildman–Crippen MR) is 406 cm³/mol. The quantitative estimate of drug-likeness (QED) is 0.0322. The highest BCUT2D eigenvalue weighted by Crippen LogP contribution is 2.65. The number of alkyl carbamates (subject to hydrolysis) is 1. The van der Waals surface area contributed by atoms with E-state index in [0.717, 1.165) is 64.2 Å². The Morgan fingerprint density at radius 3 is 1.46 bits per heavy atom. The van der Waals surface area contributed by atoms with E-state index in [9.17, 15) is 34.2 Å². The molecule has 0 spiro atoms. The smallest absolute Gasteiger partial charge is 0.408 e. The van der Waals surface area contributed by atoms with Crippen LogP contribution in [0.4, 0.5) is 4.79 Å². The van der Waals surface area contributed by atoms with Gasteiger partial charge in [-0.25, -0.2) is 14.4 Å². The van der Waals surface area contributed by atoms with E-state index in [1.807, 2.05) is 36.5 Å². The maximum atomic E-state index is 16.9. The molecule has 0 radical (unpaired) electrons. The highest BCUT2D eigenvalue weighted by Gasteiger charge is 2.79. The molecule has 11 atom stereocenters. The number of esters is 5. The van der Waals surface area contributed by atoms with Crippen LogP contribution in [0.15, 0.2) is 218 Å². The number of benzene rings is 2. The van der Waals surface area contributed by atoms with Crippen LogP contribution in [0.3, 0.4) is 0 Å². The van der Waals surface area contributed by atoms with Crippen molar-refractivity contribution in [2.75, 3.05) is 6.61 Å². The highest BCUT2D eigenvalue weighted by atomic mass is 16.6. The largest absolute Gasteiger partial charge is 0.461 e. The molecule has 2 aromatic rings. The number of Topliss-reactive ketones (excluding diaryl/α,β-unsaturated/α-hetero) is 1. The summed E-state index contributed by atoms with van der Waals surface area (Å²) < 4.78 is 44.3. The maximum absolute atomic E-state index is 16.9. The summed E-state index contributed by atoms with van der Waals surface area (Å²) in [6.07, 6.45) is 48.2. The molecule has 3 N–H and O–H groups in total. The van der Waals surface area contributed by atoms with Crippen LogP contribution >= 0.6 is 0 Å². The van der Waals surface area contributed by atoms with Gasteiger partial charge in [-0.1, -0.05) is 222 Å². The van der Waals surface area contributed by atoms with E-state index in [0.29, 0.717) is 18.4 Å². The average molecular weight is 1430 g/mol. The topological polar surface area (TPSA) is 237 Å². The first kappa shape index (κ1) is 84.2. The van der Waals surface area contributed by atoms with Gasteiger partial charge in [0.2, 0.25) is 0 Å². The molecule has 2 unspecified atom stereocenters. The number of ketones is 1. The number of hydrogen-bond donors (Lipinski definition) is 3. The normalized spacial score (nSPS) is 24.9. The van der Waals surface area contributed by atoms with Crippen molar-refractivity contribution < 1.29 is 76.9 Å². The minimum absolute atomic E-state index is 0.0333. The van der Waals surface area contributed by atoms with Gasteiger partial charge < -0.3 is 48.7 Å². The lowest BCUT2D eigenvalue weighted by Gasteiger charge is -2.67. The molecule has 1 aliphatic heterocycles. The molecular weight excluding hydrogens is 1310 g/mol. The van der Waals surface area contributed by atoms with Gasteiger partial charge in [0.05, 0.1) is 29.5 Å². The molecule has 3 aliphatic carbocycles. The molecule has 17 nitrogen and oxygen atoms in total. The van der Waals surface area contributed by atoms with Crippen LogP contribution in [0.2, 0.25) is 0 Å². The molecule has 562 valence electrons. The second-order valence-electron chi connectivity index (χ2n) is 28.4. The number of carbonyl (C=O) groups is 7. The van der Waals surface area contributed by atoms with Gasteiger partial charge in [0, 0.05) is 38.0 Å². The summed E-state index contributed by atoms with van der Waals surface area (Å²) in [6, 6.07) is 14.6. The fourth-order valence-electron chi connectivity index (χ4n) is 13.9. The Hall–Kier alpha value is -8.77. The molecule has 17 heteroatoms. The van der Waals surface area contributed by atoms with Gasteiger partial charge in [-0.2, -0.15) is 0 Å². The van der Waals surface area contributed by atoms with Gasteiger partial charge in [-0.15, -0.1) is 0 Å². The molecule has 2 aromatic carbocycles. The van der Waals surface area contributed by atoms with Gasteiger partial charge in [-0.05, 0) is 153 Å². The number of nitrogens with one attached hydrogen (secondary N) is 1. The molecule has 3 fully saturated rings. The average Bonchev–Trinajstić information content (AvgIpc) is 0.668. The Bertz CT molecular complexity index is 3550. The first-order valence-electron chi connectivity index (χ1n) is 37.0. The van der Waals surface area contributed by atoms with Crippen LogP contribution in [0.1, 0.15) is 207 Å². The van der Waals surface area contributed by atoms with Crippen LogP contribution in [-0.2, 0) is 57.1 Å². The summed E-state index contributed by atoms with van der Waals surface area (Å²) in [6.45, 7) is 16.2. The molecule has 0 aromatic heterocycles. The van der Waals surface area contributed by atoms with Gasteiger partial charge >= 0.3 is 35.9 Å². The van der Waals surface area contributed by atoms with Crippen LogP contribution in [0.25, 0.3) is 0 Å². The Morgan fingerprint density at radius 1 is 0.606 bits per heavy atom. The lowest BCUT2D eigenvalue weighted by Crippen LogP contribution is -2.82. The lowest BCUT2D eigenvalue weighted by molar-refractivity contribution is -0.346. The van der Waals surface area contributed by atoms with E-state index in [1.165, 1.54) is 26.0 Å². The number of hydrogen-bond acceptors (Lipinski definition) is 16. The van der Waals surface area contributed by atoms with Crippen LogP contribution in [0.5, 0.6) is 0 Å². The number of carbonyl (C=O) groups excluding carboxylic acids is 7. The number of aliphatic hydroxyl groups is 2. The molecule has 2 bridgehead atoms. The van der Waals surface area contributed by atoms with Crippen molar-refractivity contribution in [1.29, 1.82) is 0 Å². The van der Waals surface area contributed by atoms with E-state index in [1.54, 1.807) is 90.1 Å². The zero-order valence-electron chi connectivity index (χ0n) is 62.8. The van der Waals surface area contributed by atoms with Gasteiger partial charge in [0.15, 0.2) is 23.6 Å². The van der Waals surface area contributed by atoms with Crippen molar-refractivity contribution in [2.24, 2.45) is 16.7 Å². The van der Waals surface area contributed by atoms with E-state index >= 15 is 9.59 Å². The third kappa shape index (κ3) is 24.1. The Kier molecular flexibility index (Phi) is 34.2. The summed E-state index contributed by atoms with van der Waals surface area (Å²) in [4.78, 5) is 103. The third-order valence-corrected chi connectivity index (χ3v) is 19.3. The van der Waals surface area contributed by atoms with Crippen LogP contribution in [0, 0.1) is 16.7 Å². The zero-order chi connectivity index (χ0) is 75.6. The summed E-state index contributed by atoms with van der Waals surface area (Å²) in [7, 11) is 0. The Labute approximate surface area is 617 Å². The number of aliphatic hydroxyl groups excluding tert-OH is 1. The molecule has 104 heavy (non-hydrogen) atoms. The third-order valence-electron chi connectivity index (χ3n) is 19.3. The molecule has 1 saturated heterocycles. The van der Waals surface area contributed by atoms with Crippen molar-refractivity contribution in [2.45, 2.75) is 244 Å². The molecule has 4 aliphatic rings. The van der Waals surface area contributed by atoms with Crippen molar-refractivity contribution in [3.63, 3.8) is 0 Å². The predicted octanol–water partition coefficient (Wildman–Crippen LogP) is 17.3. The van der Waals surface area contributed by atoms with Gasteiger partial charge in [0.25, 0.3) is 0 Å². The van der Waals surface area contributed by atoms with Crippen molar-refractivity contribution in [1.82, 2.24) is 5.32 Å². The fourth-order valence-corrected chi connectivity index (χ4v) is 13.9. The summed E-state index contributed by atoms with van der Waals surface area (Å²) in [5, 5.41) is 29.2. The number of fused-ring (bicyclic) bond motifs is 5. The number of rotatable bonds is 38. The molecule has 1 heterocycles. The zero-order valence-corrected chi connectivity index (χ0v) is 62.8. The van der Waals surface area contributed by atoms with E-state index in [2.05, 4.69) is 129 Å². The van der Waals surface area contributed by atoms with E-state index < -0.39 is 124 Å². The summed E-state index contributed by atoms with van der Waals surface area (Å²) in [5.74, 6) is -7.13. The fraction of sp³-hybridized carbons (Fsp3) is 0.483. The number of amides is 1. The molecule has 1 amide bonds. The standard InChI is InChI=1S/C87H113NO16/c1-11-13-15-17-19-21-23-25-27-29-31-33-35-37-39-41-43-45-53-59-71(90)100-69-61-70-86(63-98-70,103-65(4)89)77-79(102-80(94)67-57-51-48-52-58-67)87(97)62-68(99-81(95)75(92)74(66-55-49-47-50-56-66)88-82(96)104-83(5,6)7)64(3)73(84(87,8)9)76(78(93)85(69,77)10)101-72(91)60-54-46-44-42-40-38-36-34-32-30-28-26-24-22-20-18-16-14-12-2/h13-16,19-22,25-28,31-34,37-40,43-52,55-58,68-70,74-77,79,92,97H,11-12,17-18,23-24,29-30,35-36,41-42,53-54,59-63H2,1-10H3,(H,88,96)/b15-13-,16-14-,21-19-,22-20-,27-25-,28-26-,33-31-,34-32-,39-37-,40-38-,45-43-,46-44-/t68-,69-,70+,74-,75+,76+,77?,79?,85+,86-,87+/m0/s1. The minimum Gasteiger partial charge on any atom is -0.461 e. The maximum Gasteiger partial charge on any atom is 0.408 e. The van der Waals surface area contributed by atoms with Crippen LogP contribution < -0.4 is 5.32 Å². The number of allylic oxidation sites excluding steroid dienone is 24. The Balaban J connectivity index is 1.35. The summed E-state index contributed by atoms with van der Waals surface area (Å²) in [5.41, 5.74) is -8.91. The van der Waals surface area contributed by atoms with Gasteiger partial charge in [0.1, 0.15) is 35.6 Å². The van der Waals surface area contributed by atoms with Crippen molar-refractivity contribution >= 4 is 41.7 Å². The van der Waals surface area contributed by atoms with Crippen molar-refractivity contribution in [3.05, 3.63) is 229 Å². The second-order valence-corrected chi connectivity index (χ2v) is 28.4. The second kappa shape index (κ2) is 42.3. The van der Waals surface area contributed by atoms with Crippen LogP contribution in [-0.4, -0.2) is 112 Å². The SMILES string of the molecule is CC/C=C\C/C=C\C/C=C\C/C=C\C/C=C\C/C=C\CCC(=O)O[C@H]1C(=O)[C@@]2(C)C(C(OC(=O)c3ccccc3)[C@]3(O)C[C@H](OC(=O)[C@H](O)[C@@H](NC(=O)OC(C)(C)C)c4ccccc4)C(C)=C1C3(C)C)[C@]1(OC(C)=O)CO[C@@H]1C[C@@H]2OC(=O)CC/C=C\C/C=C\C/C=C\C/C=C\C/C=C\C/C=C\CC. The lowest BCUT2D eigenvalue weighted by atomic mass is 9.44. The minimum atomic E-state index is -2.52. The summed E-state index contributed by atoms with van der Waals surface area (Å²) >= 11 is 0. The van der Waals surface area contributed by atoms with Gasteiger partial charge in [-0.3, -0.25) is 19.2 Å². The van der Waals surface area contributed by atoms with E-state index in [4.69, 9.17) is 33.2 Å². The Morgan fingerprint density at radius 2 is 1.04 bits per heavy atom. The monoisotopic (exact) mass is 1430 g/mol. The highest BCUT2D eigenvalue weighted by molar-refractivity contribution is 5.96.